The van der Waals surface area contributed by atoms with E-state index in [0.717, 1.165) is 0 Å². The summed E-state index contributed by atoms with van der Waals surface area (Å²) in [6.45, 7) is 0. The largest absolute Gasteiger partial charge is 0.464 e. The number of esters is 1. The standard InChI is InChI=1S/C8H8N2O3/c1-13-8(11)7(10-12)6-2-4-9-5-3-6/h2-5,12H,1H3/b10-7+. The van der Waals surface area contributed by atoms with Crippen LogP contribution in [-0.2, 0) is 9.53 Å². The first-order valence-corrected chi connectivity index (χ1v) is 3.50. The summed E-state index contributed by atoms with van der Waals surface area (Å²) in [5.41, 5.74) is 0.328. The molecule has 0 aliphatic rings. The molecular weight excluding hydrogens is 172 g/mol. The van der Waals surface area contributed by atoms with E-state index in [0.29, 0.717) is 5.56 Å². The van der Waals surface area contributed by atoms with Crippen LogP contribution >= 0.6 is 0 Å². The number of hydrogen-bond donors (Lipinski definition) is 1. The second-order valence-electron chi connectivity index (χ2n) is 2.18. The van der Waals surface area contributed by atoms with Crippen LogP contribution in [0.1, 0.15) is 5.56 Å². The summed E-state index contributed by atoms with van der Waals surface area (Å²) in [5, 5.41) is 11.4. The summed E-state index contributed by atoms with van der Waals surface area (Å²) in [7, 11) is 1.22. The summed E-state index contributed by atoms with van der Waals surface area (Å²) in [6.07, 6.45) is 2.98. The number of oxime groups is 1. The van der Waals surface area contributed by atoms with Gasteiger partial charge in [0.15, 0.2) is 5.71 Å². The maximum atomic E-state index is 11.0. The first-order chi connectivity index (χ1) is 6.29. The highest BCUT2D eigenvalue weighted by Gasteiger charge is 2.14. The molecule has 13 heavy (non-hydrogen) atoms. The minimum Gasteiger partial charge on any atom is -0.464 e. The average Bonchev–Trinajstić information content (AvgIpc) is 2.20. The summed E-state index contributed by atoms with van der Waals surface area (Å²) in [6, 6.07) is 3.10. The van der Waals surface area contributed by atoms with Crippen molar-refractivity contribution in [1.82, 2.24) is 4.98 Å². The van der Waals surface area contributed by atoms with Crippen LogP contribution in [0.15, 0.2) is 29.7 Å². The van der Waals surface area contributed by atoms with E-state index < -0.39 is 5.97 Å². The van der Waals surface area contributed by atoms with Gasteiger partial charge in [0.2, 0.25) is 0 Å². The molecule has 0 saturated carbocycles. The van der Waals surface area contributed by atoms with Crippen molar-refractivity contribution in [1.29, 1.82) is 0 Å². The van der Waals surface area contributed by atoms with Gasteiger partial charge in [-0.1, -0.05) is 5.16 Å². The minimum atomic E-state index is -0.686. The van der Waals surface area contributed by atoms with Gasteiger partial charge in [-0.2, -0.15) is 0 Å². The molecular formula is C8H8N2O3. The molecule has 0 bridgehead atoms. The van der Waals surface area contributed by atoms with E-state index in [9.17, 15) is 4.79 Å². The Kier molecular flexibility index (Phi) is 2.97. The van der Waals surface area contributed by atoms with Gasteiger partial charge in [0.25, 0.3) is 0 Å². The highest BCUT2D eigenvalue weighted by Crippen LogP contribution is 2.00. The Hall–Kier alpha value is -1.91. The Morgan fingerprint density at radius 3 is 2.62 bits per heavy atom. The number of pyridine rings is 1. The smallest absolute Gasteiger partial charge is 0.360 e. The van der Waals surface area contributed by atoms with E-state index in [1.165, 1.54) is 19.5 Å². The van der Waals surface area contributed by atoms with Crippen molar-refractivity contribution in [3.8, 4) is 0 Å². The summed E-state index contributed by atoms with van der Waals surface area (Å²) >= 11 is 0. The number of hydrogen-bond acceptors (Lipinski definition) is 5. The minimum absolute atomic E-state index is 0.134. The van der Waals surface area contributed by atoms with Crippen LogP contribution in [0.5, 0.6) is 0 Å². The number of rotatable bonds is 2. The third-order valence-corrected chi connectivity index (χ3v) is 1.43. The van der Waals surface area contributed by atoms with Crippen LogP contribution < -0.4 is 0 Å². The number of ether oxygens (including phenoxy) is 1. The SMILES string of the molecule is COC(=O)/C(=N/O)c1ccncc1. The Labute approximate surface area is 74.7 Å². The van der Waals surface area contributed by atoms with Crippen LogP contribution in [0, 0.1) is 0 Å². The van der Waals surface area contributed by atoms with E-state index in [1.54, 1.807) is 12.1 Å². The zero-order valence-corrected chi connectivity index (χ0v) is 6.97. The van der Waals surface area contributed by atoms with E-state index in [-0.39, 0.29) is 5.71 Å². The van der Waals surface area contributed by atoms with Crippen LogP contribution in [0.2, 0.25) is 0 Å². The van der Waals surface area contributed by atoms with Gasteiger partial charge >= 0.3 is 5.97 Å². The quantitative estimate of drug-likeness (QED) is 0.310. The highest BCUT2D eigenvalue weighted by atomic mass is 16.5. The predicted octanol–water partition coefficient (Wildman–Crippen LogP) is 0.433. The molecule has 0 aliphatic carbocycles. The zero-order valence-electron chi connectivity index (χ0n) is 6.97. The molecule has 1 rings (SSSR count). The van der Waals surface area contributed by atoms with Crippen LogP contribution in [0.25, 0.3) is 0 Å². The normalized spacial score (nSPS) is 11.0. The molecule has 5 nitrogen and oxygen atoms in total. The first kappa shape index (κ1) is 9.18. The van der Waals surface area contributed by atoms with Crippen molar-refractivity contribution in [3.05, 3.63) is 30.1 Å². The van der Waals surface area contributed by atoms with Gasteiger partial charge in [0, 0.05) is 18.0 Å². The third kappa shape index (κ3) is 2.02. The number of nitrogens with zero attached hydrogens (tertiary/aromatic N) is 2. The van der Waals surface area contributed by atoms with Crippen LogP contribution in [-0.4, -0.2) is 29.0 Å². The van der Waals surface area contributed by atoms with Gasteiger partial charge in [-0.3, -0.25) is 4.98 Å². The van der Waals surface area contributed by atoms with Crippen LogP contribution in [0.3, 0.4) is 0 Å². The molecule has 0 fully saturated rings. The van der Waals surface area contributed by atoms with Crippen molar-refractivity contribution in [2.24, 2.45) is 5.16 Å². The highest BCUT2D eigenvalue weighted by molar-refractivity contribution is 6.43. The van der Waals surface area contributed by atoms with E-state index in [4.69, 9.17) is 5.21 Å². The van der Waals surface area contributed by atoms with E-state index in [1.807, 2.05) is 0 Å². The maximum absolute atomic E-state index is 11.0. The molecule has 0 aromatic carbocycles. The molecule has 1 aromatic rings. The Morgan fingerprint density at radius 2 is 2.15 bits per heavy atom. The van der Waals surface area contributed by atoms with Gasteiger partial charge in [-0.25, -0.2) is 4.79 Å². The Bertz CT molecular complexity index is 321. The number of aromatic nitrogens is 1. The van der Waals surface area contributed by atoms with Gasteiger partial charge in [-0.05, 0) is 12.1 Å². The molecule has 0 unspecified atom stereocenters. The number of methoxy groups -OCH3 is 1. The molecule has 1 heterocycles. The molecule has 1 aromatic heterocycles. The molecule has 5 heteroatoms. The molecule has 0 radical (unpaired) electrons. The molecule has 0 saturated heterocycles. The van der Waals surface area contributed by atoms with Gasteiger partial charge in [0.05, 0.1) is 7.11 Å². The fourth-order valence-corrected chi connectivity index (χ4v) is 0.823. The average molecular weight is 180 g/mol. The summed E-state index contributed by atoms with van der Waals surface area (Å²) in [4.78, 5) is 14.8. The van der Waals surface area contributed by atoms with Crippen molar-refractivity contribution < 1.29 is 14.7 Å². The lowest BCUT2D eigenvalue weighted by Gasteiger charge is -2.00. The van der Waals surface area contributed by atoms with E-state index in [2.05, 4.69) is 14.9 Å². The second kappa shape index (κ2) is 4.20. The number of carbonyl (C=O) groups excluding carboxylic acids is 1. The topological polar surface area (TPSA) is 71.8 Å². The van der Waals surface area contributed by atoms with Crippen molar-refractivity contribution in [3.63, 3.8) is 0 Å². The van der Waals surface area contributed by atoms with Gasteiger partial charge in [0.1, 0.15) is 0 Å². The van der Waals surface area contributed by atoms with Gasteiger partial charge < -0.3 is 9.94 Å². The van der Waals surface area contributed by atoms with E-state index >= 15 is 0 Å². The first-order valence-electron chi connectivity index (χ1n) is 3.50. The Morgan fingerprint density at radius 1 is 1.54 bits per heavy atom. The number of carbonyl (C=O) groups is 1. The van der Waals surface area contributed by atoms with Crippen molar-refractivity contribution >= 4 is 11.7 Å². The molecule has 0 atom stereocenters. The lowest BCUT2D eigenvalue weighted by molar-refractivity contribution is -0.132. The molecule has 1 N–H and O–H groups in total. The predicted molar refractivity (Wildman–Crippen MR) is 44.6 cm³/mol. The lowest BCUT2D eigenvalue weighted by Crippen LogP contribution is -2.17. The monoisotopic (exact) mass is 180 g/mol. The molecule has 0 aliphatic heterocycles. The fourth-order valence-electron chi connectivity index (χ4n) is 0.823. The van der Waals surface area contributed by atoms with Crippen molar-refractivity contribution in [2.45, 2.75) is 0 Å². The lowest BCUT2D eigenvalue weighted by atomic mass is 10.2. The Balaban J connectivity index is 3.00. The van der Waals surface area contributed by atoms with Crippen molar-refractivity contribution in [2.75, 3.05) is 7.11 Å². The zero-order chi connectivity index (χ0) is 9.68. The molecule has 0 amide bonds. The fraction of sp³-hybridized carbons (Fsp3) is 0.125. The second-order valence-corrected chi connectivity index (χ2v) is 2.18. The molecule has 0 spiro atoms. The summed E-state index contributed by atoms with van der Waals surface area (Å²) < 4.78 is 4.41. The maximum Gasteiger partial charge on any atom is 0.360 e. The van der Waals surface area contributed by atoms with Crippen LogP contribution in [0.4, 0.5) is 0 Å². The van der Waals surface area contributed by atoms with Gasteiger partial charge in [-0.15, -0.1) is 0 Å². The third-order valence-electron chi connectivity index (χ3n) is 1.43. The summed E-state index contributed by atoms with van der Waals surface area (Å²) in [5.74, 6) is -0.686. The molecule has 68 valence electrons.